The first-order valence-corrected chi connectivity index (χ1v) is 5.24. The molecule has 0 bridgehead atoms. The minimum atomic E-state index is -0.476. The molecule has 1 heterocycles. The zero-order valence-electron chi connectivity index (χ0n) is 9.54. The summed E-state index contributed by atoms with van der Waals surface area (Å²) in [7, 11) is 0. The second-order valence-corrected chi connectivity index (χ2v) is 4.87. The number of hydrogen-bond donors (Lipinski definition) is 3. The van der Waals surface area contributed by atoms with Crippen LogP contribution in [0.25, 0.3) is 0 Å². The Morgan fingerprint density at radius 1 is 1.53 bits per heavy atom. The van der Waals surface area contributed by atoms with Crippen molar-refractivity contribution in [1.29, 1.82) is 0 Å². The lowest BCUT2D eigenvalue weighted by Gasteiger charge is -2.21. The first-order chi connectivity index (χ1) is 6.88. The monoisotopic (exact) mass is 216 g/mol. The molecule has 1 aliphatic heterocycles. The van der Waals surface area contributed by atoms with Crippen LogP contribution < -0.4 is 10.6 Å². The van der Waals surface area contributed by atoms with Gasteiger partial charge in [0.05, 0.1) is 6.10 Å². The predicted octanol–water partition coefficient (Wildman–Crippen LogP) is 0.0914. The van der Waals surface area contributed by atoms with Crippen LogP contribution in [-0.4, -0.2) is 42.5 Å². The molecular formula is C10H20N2O3. The molecule has 2 atom stereocenters. The molecule has 1 rings (SSSR count). The van der Waals surface area contributed by atoms with Gasteiger partial charge in [-0.15, -0.1) is 0 Å². The molecule has 15 heavy (non-hydrogen) atoms. The van der Waals surface area contributed by atoms with E-state index in [9.17, 15) is 9.90 Å². The number of alkyl carbamates (subject to hydrolysis) is 1. The zero-order valence-corrected chi connectivity index (χ0v) is 9.54. The lowest BCUT2D eigenvalue weighted by molar-refractivity contribution is 0.0505. The normalized spacial score (nSPS) is 26.4. The Hall–Kier alpha value is -0.810. The van der Waals surface area contributed by atoms with E-state index in [2.05, 4.69) is 10.6 Å². The van der Waals surface area contributed by atoms with Crippen LogP contribution in [0.5, 0.6) is 0 Å². The second kappa shape index (κ2) is 4.81. The van der Waals surface area contributed by atoms with E-state index in [0.29, 0.717) is 13.1 Å². The molecule has 1 saturated heterocycles. The summed E-state index contributed by atoms with van der Waals surface area (Å²) in [6, 6.07) is 0. The molecule has 5 heteroatoms. The van der Waals surface area contributed by atoms with Crippen LogP contribution in [-0.2, 0) is 4.74 Å². The fourth-order valence-electron chi connectivity index (χ4n) is 1.46. The highest BCUT2D eigenvalue weighted by Crippen LogP contribution is 2.09. The van der Waals surface area contributed by atoms with E-state index in [0.717, 1.165) is 6.54 Å². The van der Waals surface area contributed by atoms with Crippen LogP contribution in [0.2, 0.25) is 0 Å². The fourth-order valence-corrected chi connectivity index (χ4v) is 1.46. The number of carbonyl (C=O) groups excluding carboxylic acids is 1. The van der Waals surface area contributed by atoms with Gasteiger partial charge in [-0.05, 0) is 20.8 Å². The summed E-state index contributed by atoms with van der Waals surface area (Å²) in [6.45, 7) is 7.23. The quantitative estimate of drug-likeness (QED) is 0.612. The molecule has 1 fully saturated rings. The topological polar surface area (TPSA) is 70.6 Å². The number of rotatable bonds is 2. The van der Waals surface area contributed by atoms with Crippen LogP contribution in [0.1, 0.15) is 20.8 Å². The number of hydrogen-bond acceptors (Lipinski definition) is 4. The van der Waals surface area contributed by atoms with Gasteiger partial charge in [0.2, 0.25) is 0 Å². The minimum Gasteiger partial charge on any atom is -0.444 e. The van der Waals surface area contributed by atoms with E-state index in [4.69, 9.17) is 4.74 Å². The summed E-state index contributed by atoms with van der Waals surface area (Å²) in [5, 5.41) is 15.2. The van der Waals surface area contributed by atoms with Crippen molar-refractivity contribution >= 4 is 6.09 Å². The second-order valence-electron chi connectivity index (χ2n) is 4.87. The van der Waals surface area contributed by atoms with Crippen molar-refractivity contribution in [3.63, 3.8) is 0 Å². The van der Waals surface area contributed by atoms with Crippen LogP contribution in [0.15, 0.2) is 0 Å². The number of carbonyl (C=O) groups is 1. The molecule has 1 aliphatic rings. The summed E-state index contributed by atoms with van der Waals surface area (Å²) in [4.78, 5) is 11.3. The summed E-state index contributed by atoms with van der Waals surface area (Å²) in [5.41, 5.74) is -0.476. The maximum atomic E-state index is 11.3. The van der Waals surface area contributed by atoms with Gasteiger partial charge in [-0.2, -0.15) is 0 Å². The van der Waals surface area contributed by atoms with Gasteiger partial charge in [-0.1, -0.05) is 0 Å². The fraction of sp³-hybridized carbons (Fsp3) is 0.900. The van der Waals surface area contributed by atoms with E-state index < -0.39 is 11.7 Å². The summed E-state index contributed by atoms with van der Waals surface area (Å²) >= 11 is 0. The van der Waals surface area contributed by atoms with E-state index in [-0.39, 0.29) is 12.0 Å². The maximum absolute atomic E-state index is 11.3. The van der Waals surface area contributed by atoms with Gasteiger partial charge < -0.3 is 20.5 Å². The highest BCUT2D eigenvalue weighted by atomic mass is 16.6. The molecule has 3 N–H and O–H groups in total. The Morgan fingerprint density at radius 2 is 2.20 bits per heavy atom. The number of nitrogens with one attached hydrogen (secondary N) is 2. The van der Waals surface area contributed by atoms with Crippen LogP contribution in [0.3, 0.4) is 0 Å². The van der Waals surface area contributed by atoms with Crippen LogP contribution in [0.4, 0.5) is 4.79 Å². The highest BCUT2D eigenvalue weighted by molar-refractivity contribution is 5.67. The summed E-state index contributed by atoms with van der Waals surface area (Å²) in [5.74, 6) is 0.0810. The maximum Gasteiger partial charge on any atom is 0.407 e. The van der Waals surface area contributed by atoms with Gasteiger partial charge in [0.15, 0.2) is 0 Å². The van der Waals surface area contributed by atoms with Crippen molar-refractivity contribution in [3.05, 3.63) is 0 Å². The average Bonchev–Trinajstić information content (AvgIpc) is 2.44. The van der Waals surface area contributed by atoms with Crippen molar-refractivity contribution in [2.45, 2.75) is 32.5 Å². The predicted molar refractivity (Wildman–Crippen MR) is 56.6 cm³/mol. The van der Waals surface area contributed by atoms with Crippen molar-refractivity contribution in [1.82, 2.24) is 10.6 Å². The van der Waals surface area contributed by atoms with Crippen molar-refractivity contribution in [3.8, 4) is 0 Å². The molecule has 0 radical (unpaired) electrons. The lowest BCUT2D eigenvalue weighted by atomic mass is 10.1. The lowest BCUT2D eigenvalue weighted by Crippen LogP contribution is -2.38. The van der Waals surface area contributed by atoms with Crippen molar-refractivity contribution in [2.75, 3.05) is 19.6 Å². The van der Waals surface area contributed by atoms with Crippen molar-refractivity contribution < 1.29 is 14.6 Å². The molecule has 0 aromatic heterocycles. The molecule has 0 saturated carbocycles. The number of ether oxygens (including phenoxy) is 1. The van der Waals surface area contributed by atoms with Gasteiger partial charge in [0.25, 0.3) is 0 Å². The van der Waals surface area contributed by atoms with E-state index >= 15 is 0 Å². The van der Waals surface area contributed by atoms with Crippen LogP contribution >= 0.6 is 0 Å². The van der Waals surface area contributed by atoms with Gasteiger partial charge in [0, 0.05) is 25.6 Å². The molecule has 1 amide bonds. The molecule has 88 valence electrons. The third-order valence-corrected chi connectivity index (χ3v) is 2.21. The number of β-amino-alcohol motifs (C(OH)–C–C–N with tert-alkyl or cyclic N) is 1. The van der Waals surface area contributed by atoms with Gasteiger partial charge in [0.1, 0.15) is 5.60 Å². The third kappa shape index (κ3) is 4.48. The van der Waals surface area contributed by atoms with E-state index in [1.807, 2.05) is 20.8 Å². The standard InChI is InChI=1S/C10H20N2O3/c1-10(2,3)15-9(14)12-5-7-4-11-6-8(7)13/h7-8,11,13H,4-6H2,1-3H3,(H,12,14)/t7-,8-/m0/s1. The Morgan fingerprint density at radius 3 is 2.67 bits per heavy atom. The minimum absolute atomic E-state index is 0.0810. The molecule has 0 aromatic carbocycles. The Bertz CT molecular complexity index is 225. The van der Waals surface area contributed by atoms with E-state index in [1.165, 1.54) is 0 Å². The summed E-state index contributed by atoms with van der Waals surface area (Å²) in [6.07, 6.45) is -0.804. The van der Waals surface area contributed by atoms with Gasteiger partial charge in [-0.3, -0.25) is 0 Å². The van der Waals surface area contributed by atoms with Crippen LogP contribution in [0, 0.1) is 5.92 Å². The zero-order chi connectivity index (χ0) is 11.5. The Balaban J connectivity index is 2.22. The number of aliphatic hydroxyl groups excluding tert-OH is 1. The molecule has 5 nitrogen and oxygen atoms in total. The molecule has 0 unspecified atom stereocenters. The van der Waals surface area contributed by atoms with Gasteiger partial charge >= 0.3 is 6.09 Å². The molecule has 0 aromatic rings. The Kier molecular flexibility index (Phi) is 3.93. The number of amides is 1. The first kappa shape index (κ1) is 12.3. The van der Waals surface area contributed by atoms with Gasteiger partial charge in [-0.25, -0.2) is 4.79 Å². The average molecular weight is 216 g/mol. The largest absolute Gasteiger partial charge is 0.444 e. The highest BCUT2D eigenvalue weighted by Gasteiger charge is 2.25. The van der Waals surface area contributed by atoms with Crippen molar-refractivity contribution in [2.24, 2.45) is 5.92 Å². The third-order valence-electron chi connectivity index (χ3n) is 2.21. The molecular weight excluding hydrogens is 196 g/mol. The smallest absolute Gasteiger partial charge is 0.407 e. The molecule has 0 spiro atoms. The summed E-state index contributed by atoms with van der Waals surface area (Å²) < 4.78 is 5.08. The first-order valence-electron chi connectivity index (χ1n) is 5.24. The SMILES string of the molecule is CC(C)(C)OC(=O)NC[C@@H]1CNC[C@@H]1O. The van der Waals surface area contributed by atoms with E-state index in [1.54, 1.807) is 0 Å². The Labute approximate surface area is 90.2 Å². The number of aliphatic hydroxyl groups is 1. The molecule has 0 aliphatic carbocycles.